The molecule has 1 heterocycles. The molecule has 2 nitrogen and oxygen atoms in total. The van der Waals surface area contributed by atoms with Crippen molar-refractivity contribution in [2.75, 3.05) is 0 Å². The van der Waals surface area contributed by atoms with Crippen molar-refractivity contribution in [2.24, 2.45) is 0 Å². The lowest BCUT2D eigenvalue weighted by Crippen LogP contribution is -2.04. The number of hydrogen-bond donors (Lipinski definition) is 1. The molecule has 0 spiro atoms. The standard InChI is InChI=1S/C18H26N2/c1-2-3-4-5-7-12-17(15-18-19-13-14-20-18)16-10-8-6-9-11-16/h6,8-11,13-14,17H,2-5,7,12,15H2,1H3,(H,19,20). The van der Waals surface area contributed by atoms with Gasteiger partial charge in [0.25, 0.3) is 0 Å². The molecule has 2 aromatic rings. The van der Waals surface area contributed by atoms with E-state index in [4.69, 9.17) is 0 Å². The minimum Gasteiger partial charge on any atom is -0.349 e. The summed E-state index contributed by atoms with van der Waals surface area (Å²) in [4.78, 5) is 7.62. The minimum atomic E-state index is 0.587. The first kappa shape index (κ1) is 14.8. The van der Waals surface area contributed by atoms with Gasteiger partial charge < -0.3 is 4.98 Å². The van der Waals surface area contributed by atoms with Gasteiger partial charge in [0.2, 0.25) is 0 Å². The van der Waals surface area contributed by atoms with Crippen molar-refractivity contribution in [1.29, 1.82) is 0 Å². The van der Waals surface area contributed by atoms with E-state index in [0.717, 1.165) is 12.2 Å². The second-order valence-corrected chi connectivity index (χ2v) is 5.55. The number of aromatic nitrogens is 2. The number of H-pyrrole nitrogens is 1. The predicted molar refractivity (Wildman–Crippen MR) is 84.9 cm³/mol. The molecule has 1 atom stereocenters. The Hall–Kier alpha value is -1.57. The normalized spacial score (nSPS) is 12.4. The molecule has 0 radical (unpaired) electrons. The van der Waals surface area contributed by atoms with Gasteiger partial charge in [-0.2, -0.15) is 0 Å². The fraction of sp³-hybridized carbons (Fsp3) is 0.500. The van der Waals surface area contributed by atoms with Crippen molar-refractivity contribution >= 4 is 0 Å². The van der Waals surface area contributed by atoms with Gasteiger partial charge in [0.1, 0.15) is 5.82 Å². The van der Waals surface area contributed by atoms with Crippen molar-refractivity contribution in [2.45, 2.75) is 57.8 Å². The molecule has 0 saturated carbocycles. The van der Waals surface area contributed by atoms with Crippen LogP contribution in [0.15, 0.2) is 42.7 Å². The Morgan fingerprint density at radius 2 is 1.85 bits per heavy atom. The van der Waals surface area contributed by atoms with Gasteiger partial charge in [0.05, 0.1) is 0 Å². The number of imidazole rings is 1. The van der Waals surface area contributed by atoms with Gasteiger partial charge in [-0.1, -0.05) is 69.4 Å². The lowest BCUT2D eigenvalue weighted by Gasteiger charge is -2.16. The first-order chi connectivity index (χ1) is 9.90. The van der Waals surface area contributed by atoms with Crippen LogP contribution in [0.5, 0.6) is 0 Å². The molecule has 0 bridgehead atoms. The highest BCUT2D eigenvalue weighted by molar-refractivity contribution is 5.20. The third kappa shape index (κ3) is 4.84. The summed E-state index contributed by atoms with van der Waals surface area (Å²) in [6.07, 6.45) is 12.8. The molecule has 2 heteroatoms. The van der Waals surface area contributed by atoms with Crippen LogP contribution < -0.4 is 0 Å². The van der Waals surface area contributed by atoms with Gasteiger partial charge >= 0.3 is 0 Å². The number of rotatable bonds is 9. The Labute approximate surface area is 122 Å². The number of hydrogen-bond acceptors (Lipinski definition) is 1. The van der Waals surface area contributed by atoms with Crippen LogP contribution in [0.25, 0.3) is 0 Å². The van der Waals surface area contributed by atoms with Crippen LogP contribution in [-0.2, 0) is 6.42 Å². The summed E-state index contributed by atoms with van der Waals surface area (Å²) in [6.45, 7) is 2.27. The summed E-state index contributed by atoms with van der Waals surface area (Å²) in [7, 11) is 0. The fourth-order valence-electron chi connectivity index (χ4n) is 2.75. The Morgan fingerprint density at radius 3 is 2.55 bits per heavy atom. The molecule has 1 N–H and O–H groups in total. The highest BCUT2D eigenvalue weighted by Gasteiger charge is 2.13. The highest BCUT2D eigenvalue weighted by Crippen LogP contribution is 2.25. The monoisotopic (exact) mass is 270 g/mol. The van der Waals surface area contributed by atoms with E-state index < -0.39 is 0 Å². The van der Waals surface area contributed by atoms with E-state index in [9.17, 15) is 0 Å². The minimum absolute atomic E-state index is 0.587. The molecule has 1 aromatic heterocycles. The number of aromatic amines is 1. The van der Waals surface area contributed by atoms with Crippen LogP contribution in [0, 0.1) is 0 Å². The second kappa shape index (κ2) is 8.57. The molecule has 0 aliphatic carbocycles. The molecular formula is C18H26N2. The Balaban J connectivity index is 1.90. The Bertz CT molecular complexity index is 448. The lowest BCUT2D eigenvalue weighted by atomic mass is 9.90. The third-order valence-corrected chi connectivity index (χ3v) is 3.92. The Morgan fingerprint density at radius 1 is 1.05 bits per heavy atom. The maximum absolute atomic E-state index is 4.38. The summed E-state index contributed by atoms with van der Waals surface area (Å²) in [5.41, 5.74) is 1.44. The van der Waals surface area contributed by atoms with E-state index in [1.807, 2.05) is 12.4 Å². The van der Waals surface area contributed by atoms with Gasteiger partial charge in [-0.25, -0.2) is 4.98 Å². The van der Waals surface area contributed by atoms with Crippen LogP contribution in [0.4, 0.5) is 0 Å². The molecule has 0 aliphatic heterocycles. The van der Waals surface area contributed by atoms with Gasteiger partial charge in [-0.05, 0) is 17.9 Å². The van der Waals surface area contributed by atoms with Gasteiger partial charge in [-0.3, -0.25) is 0 Å². The predicted octanol–water partition coefficient (Wildman–Crippen LogP) is 5.10. The zero-order valence-electron chi connectivity index (χ0n) is 12.5. The van der Waals surface area contributed by atoms with E-state index in [1.165, 1.54) is 44.1 Å². The lowest BCUT2D eigenvalue weighted by molar-refractivity contribution is 0.536. The molecule has 0 saturated heterocycles. The van der Waals surface area contributed by atoms with E-state index >= 15 is 0 Å². The molecule has 108 valence electrons. The first-order valence-corrected chi connectivity index (χ1v) is 7.93. The highest BCUT2D eigenvalue weighted by atomic mass is 14.9. The summed E-state index contributed by atoms with van der Waals surface area (Å²) in [5.74, 6) is 1.69. The quantitative estimate of drug-likeness (QED) is 0.631. The zero-order chi connectivity index (χ0) is 14.0. The molecule has 20 heavy (non-hydrogen) atoms. The van der Waals surface area contributed by atoms with Gasteiger partial charge in [-0.15, -0.1) is 0 Å². The van der Waals surface area contributed by atoms with E-state index in [0.29, 0.717) is 5.92 Å². The number of nitrogens with one attached hydrogen (secondary N) is 1. The zero-order valence-corrected chi connectivity index (χ0v) is 12.5. The van der Waals surface area contributed by atoms with Crippen LogP contribution in [0.1, 0.15) is 62.8 Å². The number of benzene rings is 1. The van der Waals surface area contributed by atoms with Crippen LogP contribution >= 0.6 is 0 Å². The summed E-state index contributed by atoms with van der Waals surface area (Å²) in [5, 5.41) is 0. The Kier molecular flexibility index (Phi) is 6.36. The molecule has 0 fully saturated rings. The molecule has 0 amide bonds. The van der Waals surface area contributed by atoms with E-state index in [1.54, 1.807) is 0 Å². The first-order valence-electron chi connectivity index (χ1n) is 7.93. The van der Waals surface area contributed by atoms with Gasteiger partial charge in [0, 0.05) is 18.8 Å². The molecule has 0 aliphatic rings. The van der Waals surface area contributed by atoms with Crippen molar-refractivity contribution in [1.82, 2.24) is 9.97 Å². The van der Waals surface area contributed by atoms with Gasteiger partial charge in [0.15, 0.2) is 0 Å². The maximum atomic E-state index is 4.38. The van der Waals surface area contributed by atoms with Crippen LogP contribution in [0.3, 0.4) is 0 Å². The van der Waals surface area contributed by atoms with Crippen molar-refractivity contribution in [3.8, 4) is 0 Å². The topological polar surface area (TPSA) is 28.7 Å². The molecule has 1 aromatic carbocycles. The number of nitrogens with zero attached hydrogens (tertiary/aromatic N) is 1. The van der Waals surface area contributed by atoms with E-state index in [-0.39, 0.29) is 0 Å². The van der Waals surface area contributed by atoms with Crippen molar-refractivity contribution in [3.63, 3.8) is 0 Å². The fourth-order valence-corrected chi connectivity index (χ4v) is 2.75. The van der Waals surface area contributed by atoms with Crippen molar-refractivity contribution in [3.05, 3.63) is 54.1 Å². The SMILES string of the molecule is CCCCCCCC(Cc1ncc[nH]1)c1ccccc1. The van der Waals surface area contributed by atoms with Crippen molar-refractivity contribution < 1.29 is 0 Å². The maximum Gasteiger partial charge on any atom is 0.106 e. The third-order valence-electron chi connectivity index (χ3n) is 3.92. The summed E-state index contributed by atoms with van der Waals surface area (Å²) in [6, 6.07) is 10.9. The average Bonchev–Trinajstić information content (AvgIpc) is 3.00. The van der Waals surface area contributed by atoms with Crippen LogP contribution in [-0.4, -0.2) is 9.97 Å². The number of unbranched alkanes of at least 4 members (excludes halogenated alkanes) is 4. The summed E-state index contributed by atoms with van der Waals surface area (Å²) >= 11 is 0. The van der Waals surface area contributed by atoms with Crippen LogP contribution in [0.2, 0.25) is 0 Å². The molecule has 2 rings (SSSR count). The largest absolute Gasteiger partial charge is 0.349 e. The molecular weight excluding hydrogens is 244 g/mol. The van der Waals surface area contributed by atoms with E-state index in [2.05, 4.69) is 47.2 Å². The smallest absolute Gasteiger partial charge is 0.106 e. The average molecular weight is 270 g/mol. The molecule has 1 unspecified atom stereocenters. The summed E-state index contributed by atoms with van der Waals surface area (Å²) < 4.78 is 0. The second-order valence-electron chi connectivity index (χ2n) is 5.55.